The molecule has 7 heteroatoms. The third kappa shape index (κ3) is 3.81. The van der Waals surface area contributed by atoms with Gasteiger partial charge in [0.05, 0.1) is 12.1 Å². The summed E-state index contributed by atoms with van der Waals surface area (Å²) in [6.45, 7) is 2.20. The summed E-state index contributed by atoms with van der Waals surface area (Å²) in [7, 11) is 0. The summed E-state index contributed by atoms with van der Waals surface area (Å²) in [5.74, 6) is -0.857. The second-order valence-electron chi connectivity index (χ2n) is 7.72. The highest BCUT2D eigenvalue weighted by molar-refractivity contribution is 7.99. The first-order valence-electron chi connectivity index (χ1n) is 10.2. The molecule has 3 aromatic carbocycles. The molecule has 0 atom stereocenters. The topological polar surface area (TPSA) is 72.4 Å². The zero-order valence-electron chi connectivity index (χ0n) is 17.5. The first kappa shape index (κ1) is 21.0. The molecule has 5 aromatic rings. The second-order valence-corrected chi connectivity index (χ2v) is 8.81. The van der Waals surface area contributed by atoms with Crippen LogP contribution >= 0.6 is 11.8 Å². The second kappa shape index (κ2) is 8.26. The quantitative estimate of drug-likeness (QED) is 0.361. The Kier molecular flexibility index (Phi) is 5.26. The number of hydrogen-bond acceptors (Lipinski definition) is 5. The number of rotatable bonds is 4. The molecule has 2 aromatic heterocycles. The van der Waals surface area contributed by atoms with Gasteiger partial charge in [-0.3, -0.25) is 4.79 Å². The van der Waals surface area contributed by atoms with Gasteiger partial charge in [-0.2, -0.15) is 0 Å². The molecule has 1 N–H and O–H groups in total. The normalized spacial score (nSPS) is 11.3. The van der Waals surface area contributed by atoms with Gasteiger partial charge in [-0.05, 0) is 54.4 Å². The minimum atomic E-state index is -0.767. The minimum Gasteiger partial charge on any atom is -0.505 e. The molecule has 0 aliphatic heterocycles. The zero-order chi connectivity index (χ0) is 23.1. The first-order valence-corrected chi connectivity index (χ1v) is 11.0. The lowest BCUT2D eigenvalue weighted by Gasteiger charge is -2.15. The van der Waals surface area contributed by atoms with E-state index < -0.39 is 22.8 Å². The monoisotopic (exact) mass is 459 g/mol. The van der Waals surface area contributed by atoms with Crippen LogP contribution in [0.15, 0.2) is 96.6 Å². The molecule has 0 bridgehead atoms. The van der Waals surface area contributed by atoms with Crippen LogP contribution in [0.4, 0.5) is 4.39 Å². The van der Waals surface area contributed by atoms with Crippen LogP contribution in [-0.4, -0.2) is 9.67 Å². The Bertz CT molecular complexity index is 1620. The number of aromatic nitrogens is 1. The van der Waals surface area contributed by atoms with Gasteiger partial charge in [0.2, 0.25) is 0 Å². The van der Waals surface area contributed by atoms with Gasteiger partial charge in [0.15, 0.2) is 11.3 Å². The van der Waals surface area contributed by atoms with Crippen molar-refractivity contribution in [3.8, 4) is 5.75 Å². The lowest BCUT2D eigenvalue weighted by atomic mass is 10.1. The number of benzene rings is 3. The van der Waals surface area contributed by atoms with Gasteiger partial charge in [-0.15, -0.1) is 0 Å². The molecule has 5 rings (SSSR count). The van der Waals surface area contributed by atoms with E-state index in [1.165, 1.54) is 24.3 Å². The maximum absolute atomic E-state index is 13.6. The molecule has 0 spiro atoms. The van der Waals surface area contributed by atoms with Gasteiger partial charge in [-0.1, -0.05) is 48.2 Å². The lowest BCUT2D eigenvalue weighted by molar-refractivity contribution is 0.446. The Morgan fingerprint density at radius 1 is 1.00 bits per heavy atom. The number of hydrogen-bond donors (Lipinski definition) is 1. The average Bonchev–Trinajstić information content (AvgIpc) is 2.81. The van der Waals surface area contributed by atoms with Gasteiger partial charge < -0.3 is 14.1 Å². The van der Waals surface area contributed by atoms with Crippen molar-refractivity contribution in [3.63, 3.8) is 0 Å². The van der Waals surface area contributed by atoms with Crippen LogP contribution in [0, 0.1) is 12.7 Å². The van der Waals surface area contributed by atoms with Crippen molar-refractivity contribution in [2.24, 2.45) is 0 Å². The SMILES string of the molecule is Cc1ccc2c3oc(=O)c(Sc4ccc(F)cc4)c(O)c3c(=O)n(Cc3ccccc3)c2c1. The maximum Gasteiger partial charge on any atom is 0.354 e. The maximum atomic E-state index is 13.6. The van der Waals surface area contributed by atoms with Crippen LogP contribution in [-0.2, 0) is 6.54 Å². The lowest BCUT2D eigenvalue weighted by Crippen LogP contribution is -2.23. The number of aryl methyl sites for hydroxylation is 1. The highest BCUT2D eigenvalue weighted by Gasteiger charge is 2.22. The van der Waals surface area contributed by atoms with Crippen molar-refractivity contribution < 1.29 is 13.9 Å². The Balaban J connectivity index is 1.80. The predicted molar refractivity (Wildman–Crippen MR) is 127 cm³/mol. The largest absolute Gasteiger partial charge is 0.505 e. The third-order valence-electron chi connectivity index (χ3n) is 5.42. The first-order chi connectivity index (χ1) is 15.9. The number of nitrogens with zero attached hydrogens (tertiary/aromatic N) is 1. The van der Waals surface area contributed by atoms with Crippen molar-refractivity contribution in [1.29, 1.82) is 0 Å². The predicted octanol–water partition coefficient (Wildman–Crippen LogP) is 5.46. The fourth-order valence-corrected chi connectivity index (χ4v) is 4.66. The summed E-state index contributed by atoms with van der Waals surface area (Å²) >= 11 is 0.920. The summed E-state index contributed by atoms with van der Waals surface area (Å²) in [6, 6.07) is 20.5. The summed E-state index contributed by atoms with van der Waals surface area (Å²) in [5.41, 5.74) is 1.28. The molecular weight excluding hydrogens is 441 g/mol. The van der Waals surface area contributed by atoms with Gasteiger partial charge in [0, 0.05) is 10.3 Å². The summed E-state index contributed by atoms with van der Waals surface area (Å²) in [4.78, 5) is 26.8. The molecule has 0 aliphatic rings. The van der Waals surface area contributed by atoms with Crippen LogP contribution in [0.1, 0.15) is 11.1 Å². The van der Waals surface area contributed by atoms with Crippen LogP contribution < -0.4 is 11.2 Å². The third-order valence-corrected chi connectivity index (χ3v) is 6.50. The molecular formula is C26H18FNO4S. The molecule has 0 radical (unpaired) electrons. The van der Waals surface area contributed by atoms with E-state index in [1.54, 1.807) is 10.6 Å². The standard InChI is InChI=1S/C26H18FNO4S/c1-15-7-12-19-20(13-15)28(14-16-5-3-2-4-6-16)25(30)21-22(29)24(26(31)32-23(19)21)33-18-10-8-17(27)9-11-18/h2-13,29H,14H2,1H3. The van der Waals surface area contributed by atoms with E-state index in [-0.39, 0.29) is 22.4 Å². The van der Waals surface area contributed by atoms with Crippen molar-refractivity contribution in [1.82, 2.24) is 4.57 Å². The molecule has 33 heavy (non-hydrogen) atoms. The van der Waals surface area contributed by atoms with Crippen LogP contribution in [0.3, 0.4) is 0 Å². The Hall–Kier alpha value is -3.84. The van der Waals surface area contributed by atoms with E-state index in [9.17, 15) is 19.1 Å². The molecule has 0 unspecified atom stereocenters. The van der Waals surface area contributed by atoms with Crippen LogP contribution in [0.25, 0.3) is 21.9 Å². The Morgan fingerprint density at radius 3 is 2.45 bits per heavy atom. The fraction of sp³-hybridized carbons (Fsp3) is 0.0769. The van der Waals surface area contributed by atoms with Gasteiger partial charge in [0.25, 0.3) is 5.56 Å². The smallest absolute Gasteiger partial charge is 0.354 e. The molecule has 0 amide bonds. The van der Waals surface area contributed by atoms with Crippen LogP contribution in [0.5, 0.6) is 5.75 Å². The van der Waals surface area contributed by atoms with Crippen molar-refractivity contribution in [3.05, 3.63) is 111 Å². The van der Waals surface area contributed by atoms with E-state index in [4.69, 9.17) is 4.42 Å². The molecule has 0 fully saturated rings. The van der Waals surface area contributed by atoms with Gasteiger partial charge >= 0.3 is 5.63 Å². The Morgan fingerprint density at radius 2 is 1.73 bits per heavy atom. The highest BCUT2D eigenvalue weighted by atomic mass is 32.2. The van der Waals surface area contributed by atoms with Gasteiger partial charge in [-0.25, -0.2) is 9.18 Å². The molecule has 164 valence electrons. The van der Waals surface area contributed by atoms with Crippen molar-refractivity contribution >= 4 is 33.6 Å². The van der Waals surface area contributed by atoms with E-state index in [1.807, 2.05) is 49.4 Å². The summed E-state index contributed by atoms with van der Waals surface area (Å²) in [5, 5.41) is 11.6. The van der Waals surface area contributed by atoms with Crippen molar-refractivity contribution in [2.45, 2.75) is 23.3 Å². The van der Waals surface area contributed by atoms with E-state index >= 15 is 0 Å². The highest BCUT2D eigenvalue weighted by Crippen LogP contribution is 2.37. The average molecular weight is 459 g/mol. The zero-order valence-corrected chi connectivity index (χ0v) is 18.4. The summed E-state index contributed by atoms with van der Waals surface area (Å²) in [6.07, 6.45) is 0. The number of aromatic hydroxyl groups is 1. The number of halogens is 1. The molecule has 2 heterocycles. The Labute approximate surface area is 191 Å². The van der Waals surface area contributed by atoms with Crippen LogP contribution in [0.2, 0.25) is 0 Å². The molecule has 0 saturated heterocycles. The minimum absolute atomic E-state index is 0.0465. The number of fused-ring (bicyclic) bond motifs is 3. The molecule has 0 saturated carbocycles. The molecule has 0 aliphatic carbocycles. The fourth-order valence-electron chi connectivity index (χ4n) is 3.83. The van der Waals surface area contributed by atoms with E-state index in [2.05, 4.69) is 0 Å². The van der Waals surface area contributed by atoms with Crippen molar-refractivity contribution in [2.75, 3.05) is 0 Å². The molecule has 5 nitrogen and oxygen atoms in total. The number of pyridine rings is 1. The van der Waals surface area contributed by atoms with Gasteiger partial charge in [0.1, 0.15) is 16.1 Å². The van der Waals surface area contributed by atoms with E-state index in [0.717, 1.165) is 22.9 Å². The van der Waals surface area contributed by atoms with E-state index in [0.29, 0.717) is 15.8 Å². The summed E-state index contributed by atoms with van der Waals surface area (Å²) < 4.78 is 20.4.